The summed E-state index contributed by atoms with van der Waals surface area (Å²) in [5.74, 6) is 0.767. The largest absolute Gasteiger partial charge is 0.312 e. The second-order valence-corrected chi connectivity index (χ2v) is 6.01. The average Bonchev–Trinajstić information content (AvgIpc) is 2.57. The number of nitrogens with one attached hydrogen (secondary N) is 1. The molecule has 1 heterocycles. The molecule has 0 amide bonds. The molecule has 0 aliphatic heterocycles. The summed E-state index contributed by atoms with van der Waals surface area (Å²) in [4.78, 5) is 1.33. The predicted molar refractivity (Wildman–Crippen MR) is 72.3 cm³/mol. The molecule has 1 aliphatic carbocycles. The number of thiophene rings is 1. The predicted octanol–water partition coefficient (Wildman–Crippen LogP) is 4.63. The fourth-order valence-electron chi connectivity index (χ4n) is 2.75. The third-order valence-corrected chi connectivity index (χ3v) is 5.05. The quantitative estimate of drug-likeness (QED) is 0.779. The van der Waals surface area contributed by atoms with Crippen LogP contribution in [0.25, 0.3) is 0 Å². The molecule has 0 radical (unpaired) electrons. The minimum Gasteiger partial charge on any atom is -0.312 e. The van der Waals surface area contributed by atoms with Gasteiger partial charge in [0.25, 0.3) is 0 Å². The normalized spacial score (nSPS) is 20.6. The van der Waals surface area contributed by atoms with Gasteiger partial charge in [0.15, 0.2) is 0 Å². The van der Waals surface area contributed by atoms with Gasteiger partial charge < -0.3 is 5.32 Å². The molecular weight excluding hydrogens is 238 g/mol. The van der Waals surface area contributed by atoms with Crippen LogP contribution in [0.4, 0.5) is 0 Å². The van der Waals surface area contributed by atoms with Crippen LogP contribution in [0, 0.1) is 5.92 Å². The molecule has 1 unspecified atom stereocenters. The van der Waals surface area contributed by atoms with Crippen LogP contribution >= 0.6 is 22.9 Å². The second-order valence-electron chi connectivity index (χ2n) is 4.65. The molecular formula is C13H20ClNS. The van der Waals surface area contributed by atoms with Gasteiger partial charge in [-0.25, -0.2) is 0 Å². The molecule has 1 aromatic heterocycles. The first-order valence-electron chi connectivity index (χ1n) is 6.23. The summed E-state index contributed by atoms with van der Waals surface area (Å²) in [5.41, 5.74) is 0. The van der Waals surface area contributed by atoms with Gasteiger partial charge in [-0.15, -0.1) is 11.3 Å². The van der Waals surface area contributed by atoms with Crippen LogP contribution in [0.15, 0.2) is 11.4 Å². The highest BCUT2D eigenvalue weighted by Crippen LogP contribution is 2.38. The maximum atomic E-state index is 6.24. The molecule has 1 saturated carbocycles. The lowest BCUT2D eigenvalue weighted by molar-refractivity contribution is 0.346. The summed E-state index contributed by atoms with van der Waals surface area (Å²) in [6.45, 7) is 0. The Morgan fingerprint density at radius 2 is 2.00 bits per heavy atom. The smallest absolute Gasteiger partial charge is 0.0561 e. The Morgan fingerprint density at radius 1 is 1.31 bits per heavy atom. The zero-order valence-electron chi connectivity index (χ0n) is 9.84. The zero-order chi connectivity index (χ0) is 11.4. The lowest BCUT2D eigenvalue weighted by Crippen LogP contribution is -2.24. The number of hydrogen-bond acceptors (Lipinski definition) is 2. The van der Waals surface area contributed by atoms with Gasteiger partial charge in [0.1, 0.15) is 0 Å². The number of halogens is 1. The Kier molecular flexibility index (Phi) is 4.68. The van der Waals surface area contributed by atoms with Gasteiger partial charge in [0.2, 0.25) is 0 Å². The lowest BCUT2D eigenvalue weighted by Gasteiger charge is -2.25. The van der Waals surface area contributed by atoms with E-state index < -0.39 is 0 Å². The highest BCUT2D eigenvalue weighted by atomic mass is 35.5. The van der Waals surface area contributed by atoms with Crippen LogP contribution in [0.2, 0.25) is 5.02 Å². The summed E-state index contributed by atoms with van der Waals surface area (Å²) in [6.07, 6.45) is 8.27. The van der Waals surface area contributed by atoms with Crippen molar-refractivity contribution in [3.8, 4) is 0 Å². The van der Waals surface area contributed by atoms with E-state index in [0.717, 1.165) is 10.9 Å². The third kappa shape index (κ3) is 2.79. The highest BCUT2D eigenvalue weighted by molar-refractivity contribution is 7.10. The fourth-order valence-corrected chi connectivity index (χ4v) is 4.13. The van der Waals surface area contributed by atoms with Crippen molar-refractivity contribution < 1.29 is 0 Å². The van der Waals surface area contributed by atoms with Gasteiger partial charge in [-0.05, 0) is 37.3 Å². The molecule has 1 nitrogen and oxygen atoms in total. The van der Waals surface area contributed by atoms with Gasteiger partial charge in [-0.3, -0.25) is 0 Å². The van der Waals surface area contributed by atoms with E-state index in [-0.39, 0.29) is 0 Å². The molecule has 0 bridgehead atoms. The van der Waals surface area contributed by atoms with Crippen LogP contribution in [-0.2, 0) is 0 Å². The highest BCUT2D eigenvalue weighted by Gasteiger charge is 2.25. The summed E-state index contributed by atoms with van der Waals surface area (Å²) in [5, 5.41) is 6.50. The topological polar surface area (TPSA) is 12.0 Å². The van der Waals surface area contributed by atoms with Crippen molar-refractivity contribution in [2.45, 2.75) is 44.6 Å². The minimum atomic E-state index is 0.464. The van der Waals surface area contributed by atoms with E-state index >= 15 is 0 Å². The average molecular weight is 258 g/mol. The van der Waals surface area contributed by atoms with E-state index in [1.165, 1.54) is 43.4 Å². The lowest BCUT2D eigenvalue weighted by atomic mass is 9.91. The Hall–Kier alpha value is -0.0500. The molecule has 0 saturated heterocycles. The van der Waals surface area contributed by atoms with Gasteiger partial charge in [-0.2, -0.15) is 0 Å². The van der Waals surface area contributed by atoms with Gasteiger partial charge in [-0.1, -0.05) is 37.3 Å². The first-order chi connectivity index (χ1) is 7.83. The Balaban J connectivity index is 2.12. The molecule has 1 aromatic rings. The molecule has 3 heteroatoms. The zero-order valence-corrected chi connectivity index (χ0v) is 11.4. The van der Waals surface area contributed by atoms with Crippen molar-refractivity contribution >= 4 is 22.9 Å². The first-order valence-corrected chi connectivity index (χ1v) is 7.49. The van der Waals surface area contributed by atoms with Gasteiger partial charge in [0, 0.05) is 10.9 Å². The number of rotatable bonds is 3. The Labute approximate surface area is 107 Å². The van der Waals surface area contributed by atoms with Gasteiger partial charge in [0.05, 0.1) is 5.02 Å². The molecule has 2 rings (SSSR count). The van der Waals surface area contributed by atoms with Crippen LogP contribution in [0.3, 0.4) is 0 Å². The fraction of sp³-hybridized carbons (Fsp3) is 0.692. The second kappa shape index (κ2) is 6.04. The maximum Gasteiger partial charge on any atom is 0.0561 e. The first kappa shape index (κ1) is 12.4. The van der Waals surface area contributed by atoms with E-state index in [9.17, 15) is 0 Å². The van der Waals surface area contributed by atoms with Crippen molar-refractivity contribution in [1.82, 2.24) is 5.32 Å². The van der Waals surface area contributed by atoms with Crippen LogP contribution in [0.1, 0.15) is 49.4 Å². The van der Waals surface area contributed by atoms with Crippen molar-refractivity contribution in [3.05, 3.63) is 21.3 Å². The summed E-state index contributed by atoms with van der Waals surface area (Å²) in [6, 6.07) is 2.48. The standard InChI is InChI=1S/C13H20ClNS/c1-15-12(13-11(14)8-9-16-13)10-6-4-2-3-5-7-10/h8-10,12,15H,2-7H2,1H3. The van der Waals surface area contributed by atoms with Crippen LogP contribution < -0.4 is 5.32 Å². The van der Waals surface area contributed by atoms with Crippen molar-refractivity contribution in [2.24, 2.45) is 5.92 Å². The molecule has 1 fully saturated rings. The monoisotopic (exact) mass is 257 g/mol. The van der Waals surface area contributed by atoms with Gasteiger partial charge >= 0.3 is 0 Å². The Bertz CT molecular complexity index is 315. The SMILES string of the molecule is CNC(c1sccc1Cl)C1CCCCCC1. The minimum absolute atomic E-state index is 0.464. The number of hydrogen-bond donors (Lipinski definition) is 1. The van der Waals surface area contributed by atoms with Crippen molar-refractivity contribution in [2.75, 3.05) is 7.05 Å². The van der Waals surface area contributed by atoms with Crippen LogP contribution in [0.5, 0.6) is 0 Å². The molecule has 16 heavy (non-hydrogen) atoms. The van der Waals surface area contributed by atoms with Crippen molar-refractivity contribution in [1.29, 1.82) is 0 Å². The van der Waals surface area contributed by atoms with Crippen LogP contribution in [-0.4, -0.2) is 7.05 Å². The van der Waals surface area contributed by atoms with E-state index in [2.05, 4.69) is 17.7 Å². The van der Waals surface area contributed by atoms with Crippen molar-refractivity contribution in [3.63, 3.8) is 0 Å². The Morgan fingerprint density at radius 3 is 2.50 bits per heavy atom. The molecule has 0 aromatic carbocycles. The molecule has 1 N–H and O–H groups in total. The summed E-state index contributed by atoms with van der Waals surface area (Å²) >= 11 is 8.03. The summed E-state index contributed by atoms with van der Waals surface area (Å²) < 4.78 is 0. The molecule has 0 spiro atoms. The van der Waals surface area contributed by atoms with E-state index in [4.69, 9.17) is 11.6 Å². The molecule has 90 valence electrons. The molecule has 1 aliphatic rings. The van der Waals surface area contributed by atoms with E-state index in [1.54, 1.807) is 11.3 Å². The molecule has 1 atom stereocenters. The van der Waals surface area contributed by atoms with E-state index in [0.29, 0.717) is 6.04 Å². The third-order valence-electron chi connectivity index (χ3n) is 3.61. The maximum absolute atomic E-state index is 6.24. The summed E-state index contributed by atoms with van der Waals surface area (Å²) in [7, 11) is 2.06. The van der Waals surface area contributed by atoms with E-state index in [1.807, 2.05) is 6.07 Å².